The van der Waals surface area contributed by atoms with Gasteiger partial charge in [0.2, 0.25) is 0 Å². The topological polar surface area (TPSA) is 87.6 Å². The number of pyridine rings is 1. The first-order chi connectivity index (χ1) is 12.0. The summed E-state index contributed by atoms with van der Waals surface area (Å²) >= 11 is 0. The molecule has 0 saturated carbocycles. The zero-order valence-electron chi connectivity index (χ0n) is 13.6. The summed E-state index contributed by atoms with van der Waals surface area (Å²) < 4.78 is 0. The number of aryl methyl sites for hydroxylation is 1. The number of hydrogen-bond donors (Lipinski definition) is 1. The van der Waals surface area contributed by atoms with Crippen LogP contribution in [0.2, 0.25) is 0 Å². The highest BCUT2D eigenvalue weighted by Gasteiger charge is 2.22. The van der Waals surface area contributed by atoms with Crippen molar-refractivity contribution in [3.63, 3.8) is 0 Å². The minimum Gasteiger partial charge on any atom is -0.480 e. The fourth-order valence-electron chi connectivity index (χ4n) is 3.03. The van der Waals surface area contributed by atoms with Crippen LogP contribution in [0, 0.1) is 0 Å². The Bertz CT molecular complexity index is 817. The van der Waals surface area contributed by atoms with Crippen molar-refractivity contribution >= 4 is 17.7 Å². The van der Waals surface area contributed by atoms with E-state index in [1.165, 1.54) is 4.90 Å². The highest BCUT2D eigenvalue weighted by atomic mass is 16.4. The van der Waals surface area contributed by atoms with Gasteiger partial charge in [-0.05, 0) is 48.2 Å². The van der Waals surface area contributed by atoms with Crippen molar-refractivity contribution < 1.29 is 19.5 Å². The van der Waals surface area contributed by atoms with Crippen LogP contribution in [0.3, 0.4) is 0 Å². The Labute approximate surface area is 145 Å². The first-order valence-electron chi connectivity index (χ1n) is 8.10. The molecule has 1 aliphatic rings. The molecule has 0 radical (unpaired) electrons. The van der Waals surface area contributed by atoms with Crippen molar-refractivity contribution in [2.45, 2.75) is 25.8 Å². The predicted octanol–water partition coefficient (Wildman–Crippen LogP) is 2.33. The van der Waals surface area contributed by atoms with Crippen LogP contribution in [0.15, 0.2) is 42.7 Å². The number of ketones is 1. The summed E-state index contributed by atoms with van der Waals surface area (Å²) in [5.41, 5.74) is 2.74. The van der Waals surface area contributed by atoms with E-state index < -0.39 is 12.5 Å². The summed E-state index contributed by atoms with van der Waals surface area (Å²) in [4.78, 5) is 41.1. The molecule has 0 fully saturated rings. The highest BCUT2D eigenvalue weighted by Crippen LogP contribution is 2.23. The maximum Gasteiger partial charge on any atom is 0.323 e. The minimum atomic E-state index is -1.07. The molecule has 1 aromatic heterocycles. The van der Waals surface area contributed by atoms with Gasteiger partial charge in [0.05, 0.1) is 0 Å². The van der Waals surface area contributed by atoms with E-state index in [9.17, 15) is 14.4 Å². The van der Waals surface area contributed by atoms with Gasteiger partial charge in [0.25, 0.3) is 5.91 Å². The third kappa shape index (κ3) is 3.91. The molecule has 1 amide bonds. The number of Topliss-reactive ketones (excluding diaryl/α,β-unsaturated/α-hetero) is 1. The molecule has 1 aliphatic carbocycles. The van der Waals surface area contributed by atoms with Gasteiger partial charge in [-0.15, -0.1) is 0 Å². The molecule has 1 N–H and O–H groups in total. The van der Waals surface area contributed by atoms with Gasteiger partial charge in [-0.1, -0.05) is 6.07 Å². The van der Waals surface area contributed by atoms with Gasteiger partial charge in [0, 0.05) is 36.5 Å². The summed E-state index contributed by atoms with van der Waals surface area (Å²) in [5, 5.41) is 9.13. The number of carboxylic acid groups (broad SMARTS) is 1. The Hall–Kier alpha value is -3.02. The number of rotatable bonds is 5. The second-order valence-electron chi connectivity index (χ2n) is 6.06. The number of carbonyl (C=O) groups excluding carboxylic acids is 2. The Kier molecular flexibility index (Phi) is 4.88. The maximum atomic E-state index is 12.8. The molecule has 3 rings (SSSR count). The van der Waals surface area contributed by atoms with Gasteiger partial charge >= 0.3 is 5.97 Å². The Morgan fingerprint density at radius 2 is 1.88 bits per heavy atom. The number of aromatic nitrogens is 1. The van der Waals surface area contributed by atoms with E-state index in [1.807, 2.05) is 0 Å². The van der Waals surface area contributed by atoms with E-state index in [2.05, 4.69) is 4.98 Å². The Morgan fingerprint density at radius 3 is 2.60 bits per heavy atom. The molecule has 25 heavy (non-hydrogen) atoms. The normalized spacial score (nSPS) is 13.2. The molecule has 0 atom stereocenters. The van der Waals surface area contributed by atoms with Crippen molar-refractivity contribution in [1.82, 2.24) is 9.88 Å². The number of aliphatic carboxylic acids is 1. The third-order valence-electron chi connectivity index (χ3n) is 4.24. The summed E-state index contributed by atoms with van der Waals surface area (Å²) in [5.74, 6) is -1.34. The van der Waals surface area contributed by atoms with Gasteiger partial charge in [0.1, 0.15) is 6.54 Å². The van der Waals surface area contributed by atoms with Gasteiger partial charge < -0.3 is 10.0 Å². The van der Waals surface area contributed by atoms with Crippen LogP contribution >= 0.6 is 0 Å². The molecular formula is C19H18N2O4. The van der Waals surface area contributed by atoms with Crippen molar-refractivity contribution in [2.75, 3.05) is 6.54 Å². The zero-order chi connectivity index (χ0) is 17.8. The second kappa shape index (κ2) is 7.25. The van der Waals surface area contributed by atoms with Crippen molar-refractivity contribution in [3.8, 4) is 0 Å². The fraction of sp³-hybridized carbons (Fsp3) is 0.263. The molecule has 0 aliphatic heterocycles. The lowest BCUT2D eigenvalue weighted by Crippen LogP contribution is -2.35. The van der Waals surface area contributed by atoms with Crippen LogP contribution < -0.4 is 0 Å². The van der Waals surface area contributed by atoms with Crippen LogP contribution in [0.25, 0.3) is 0 Å². The van der Waals surface area contributed by atoms with Crippen molar-refractivity contribution in [1.29, 1.82) is 0 Å². The van der Waals surface area contributed by atoms with Gasteiger partial charge in [-0.25, -0.2) is 0 Å². The zero-order valence-corrected chi connectivity index (χ0v) is 13.6. The Morgan fingerprint density at radius 1 is 1.12 bits per heavy atom. The molecule has 1 aromatic carbocycles. The number of carbonyl (C=O) groups is 3. The van der Waals surface area contributed by atoms with E-state index in [0.29, 0.717) is 17.5 Å². The Balaban J connectivity index is 1.86. The maximum absolute atomic E-state index is 12.8. The SMILES string of the molecule is O=C(O)CN(Cc1ccncc1)C(=O)c1ccc2c(c1)CCCC2=O. The lowest BCUT2D eigenvalue weighted by atomic mass is 9.89. The van der Waals surface area contributed by atoms with E-state index in [0.717, 1.165) is 24.0 Å². The first kappa shape index (κ1) is 16.8. The number of benzene rings is 1. The molecule has 128 valence electrons. The average Bonchev–Trinajstić information content (AvgIpc) is 2.61. The number of fused-ring (bicyclic) bond motifs is 1. The number of amides is 1. The molecule has 0 spiro atoms. The summed E-state index contributed by atoms with van der Waals surface area (Å²) in [7, 11) is 0. The van der Waals surface area contributed by atoms with E-state index in [4.69, 9.17) is 5.11 Å². The molecule has 2 aromatic rings. The average molecular weight is 338 g/mol. The summed E-state index contributed by atoms with van der Waals surface area (Å²) in [6.45, 7) is -0.207. The van der Waals surface area contributed by atoms with Gasteiger partial charge in [0.15, 0.2) is 5.78 Å². The predicted molar refractivity (Wildman–Crippen MR) is 90.3 cm³/mol. The fourth-order valence-corrected chi connectivity index (χ4v) is 3.03. The van der Waals surface area contributed by atoms with Crippen molar-refractivity contribution in [2.24, 2.45) is 0 Å². The number of carboxylic acids is 1. The lowest BCUT2D eigenvalue weighted by molar-refractivity contribution is -0.137. The third-order valence-corrected chi connectivity index (χ3v) is 4.24. The quantitative estimate of drug-likeness (QED) is 0.904. The molecule has 0 saturated heterocycles. The van der Waals surface area contributed by atoms with E-state index in [1.54, 1.807) is 42.7 Å². The first-order valence-corrected chi connectivity index (χ1v) is 8.10. The highest BCUT2D eigenvalue weighted by molar-refractivity contribution is 6.01. The monoisotopic (exact) mass is 338 g/mol. The second-order valence-corrected chi connectivity index (χ2v) is 6.06. The van der Waals surface area contributed by atoms with E-state index in [-0.39, 0.29) is 18.2 Å². The smallest absolute Gasteiger partial charge is 0.323 e. The van der Waals surface area contributed by atoms with Crippen LogP contribution in [0.5, 0.6) is 0 Å². The molecule has 1 heterocycles. The number of hydrogen-bond acceptors (Lipinski definition) is 4. The molecule has 0 unspecified atom stereocenters. The standard InChI is InChI=1S/C19H18N2O4/c22-17-3-1-2-14-10-15(4-5-16(14)17)19(25)21(12-18(23)24)11-13-6-8-20-9-7-13/h4-10H,1-3,11-12H2,(H,23,24). The van der Waals surface area contributed by atoms with Crippen LogP contribution in [-0.4, -0.2) is 39.2 Å². The van der Waals surface area contributed by atoms with Gasteiger partial charge in [-0.2, -0.15) is 0 Å². The van der Waals surface area contributed by atoms with Crippen molar-refractivity contribution in [3.05, 3.63) is 65.0 Å². The minimum absolute atomic E-state index is 0.0967. The van der Waals surface area contributed by atoms with Crippen LogP contribution in [0.1, 0.15) is 44.7 Å². The molecular weight excluding hydrogens is 320 g/mol. The molecule has 0 bridgehead atoms. The summed E-state index contributed by atoms with van der Waals surface area (Å²) in [6, 6.07) is 8.48. The molecule has 6 heteroatoms. The summed E-state index contributed by atoms with van der Waals surface area (Å²) in [6.07, 6.45) is 5.27. The molecule has 6 nitrogen and oxygen atoms in total. The van der Waals surface area contributed by atoms with Crippen LogP contribution in [-0.2, 0) is 17.8 Å². The van der Waals surface area contributed by atoms with Crippen LogP contribution in [0.4, 0.5) is 0 Å². The largest absolute Gasteiger partial charge is 0.480 e. The number of nitrogens with zero attached hydrogens (tertiary/aromatic N) is 2. The lowest BCUT2D eigenvalue weighted by Gasteiger charge is -2.22. The van der Waals surface area contributed by atoms with Gasteiger partial charge in [-0.3, -0.25) is 19.4 Å². The van der Waals surface area contributed by atoms with E-state index >= 15 is 0 Å².